The number of nitrogens with one attached hydrogen (secondary N) is 1. The van der Waals surface area contributed by atoms with E-state index >= 15 is 0 Å². The Balaban J connectivity index is 1.37. The van der Waals surface area contributed by atoms with Gasteiger partial charge >= 0.3 is 0 Å². The van der Waals surface area contributed by atoms with Gasteiger partial charge in [0.1, 0.15) is 5.75 Å². The molecule has 2 heterocycles. The van der Waals surface area contributed by atoms with Gasteiger partial charge < -0.3 is 10.1 Å². The van der Waals surface area contributed by atoms with Crippen molar-refractivity contribution in [2.24, 2.45) is 0 Å². The summed E-state index contributed by atoms with van der Waals surface area (Å²) >= 11 is 0. The molecule has 1 amide bonds. The molecular weight excluding hydrogens is 330 g/mol. The van der Waals surface area contributed by atoms with Gasteiger partial charge in [-0.05, 0) is 47.0 Å². The lowest BCUT2D eigenvalue weighted by Gasteiger charge is -2.20. The summed E-state index contributed by atoms with van der Waals surface area (Å²) in [7, 11) is 0. The van der Waals surface area contributed by atoms with Crippen molar-refractivity contribution >= 4 is 11.6 Å². The second-order valence-electron chi connectivity index (χ2n) is 6.13. The molecule has 4 rings (SSSR count). The van der Waals surface area contributed by atoms with Crippen LogP contribution in [0.5, 0.6) is 5.75 Å². The number of aryl methyl sites for hydroxylation is 2. The third kappa shape index (κ3) is 3.42. The van der Waals surface area contributed by atoms with E-state index in [1.807, 2.05) is 48.5 Å². The lowest BCUT2D eigenvalue weighted by molar-refractivity contribution is -0.116. The van der Waals surface area contributed by atoms with Crippen LogP contribution in [0.4, 0.5) is 5.69 Å². The fourth-order valence-electron chi connectivity index (χ4n) is 3.04. The zero-order valence-electron chi connectivity index (χ0n) is 14.3. The van der Waals surface area contributed by atoms with E-state index in [0.717, 1.165) is 41.4 Å². The van der Waals surface area contributed by atoms with Gasteiger partial charge in [0.2, 0.25) is 5.91 Å². The van der Waals surface area contributed by atoms with E-state index in [0.29, 0.717) is 19.4 Å². The van der Waals surface area contributed by atoms with Crippen molar-refractivity contribution in [3.8, 4) is 11.4 Å². The Morgan fingerprint density at radius 1 is 1.08 bits per heavy atom. The maximum Gasteiger partial charge on any atom is 0.224 e. The maximum absolute atomic E-state index is 11.6. The van der Waals surface area contributed by atoms with E-state index in [2.05, 4.69) is 20.8 Å². The Hall–Kier alpha value is -3.22. The summed E-state index contributed by atoms with van der Waals surface area (Å²) in [5.41, 5.74) is 2.86. The summed E-state index contributed by atoms with van der Waals surface area (Å²) in [6.07, 6.45) is 2.75. The summed E-state index contributed by atoms with van der Waals surface area (Å²) in [4.78, 5) is 11.6. The second kappa shape index (κ2) is 7.35. The van der Waals surface area contributed by atoms with Crippen molar-refractivity contribution in [1.82, 2.24) is 20.2 Å². The molecule has 0 spiro atoms. The van der Waals surface area contributed by atoms with Gasteiger partial charge in [-0.15, -0.1) is 5.10 Å². The molecule has 0 aliphatic carbocycles. The number of carbonyl (C=O) groups excluding carboxylic acids is 1. The third-order valence-corrected chi connectivity index (χ3v) is 4.34. The molecule has 1 aromatic heterocycles. The molecule has 7 heteroatoms. The van der Waals surface area contributed by atoms with Crippen LogP contribution in [-0.2, 0) is 17.6 Å². The van der Waals surface area contributed by atoms with Crippen LogP contribution >= 0.6 is 0 Å². The topological polar surface area (TPSA) is 81.9 Å². The lowest BCUT2D eigenvalue weighted by atomic mass is 10.0. The Bertz CT molecular complexity index is 907. The molecule has 26 heavy (non-hydrogen) atoms. The van der Waals surface area contributed by atoms with Crippen LogP contribution in [0.1, 0.15) is 24.2 Å². The Morgan fingerprint density at radius 2 is 1.96 bits per heavy atom. The predicted octanol–water partition coefficient (Wildman–Crippen LogP) is 2.56. The lowest BCUT2D eigenvalue weighted by Crippen LogP contribution is -2.20. The van der Waals surface area contributed by atoms with Crippen LogP contribution in [0.25, 0.3) is 5.69 Å². The molecule has 132 valence electrons. The van der Waals surface area contributed by atoms with Gasteiger partial charge in [-0.25, -0.2) is 0 Å². The quantitative estimate of drug-likeness (QED) is 0.692. The summed E-state index contributed by atoms with van der Waals surface area (Å²) in [6, 6.07) is 15.7. The normalized spacial score (nSPS) is 13.2. The smallest absolute Gasteiger partial charge is 0.224 e. The SMILES string of the molecule is O=C1CCc2cccc(OCCCc3nnnn3-c3ccccc3)c2N1. The maximum atomic E-state index is 11.6. The van der Waals surface area contributed by atoms with Crippen LogP contribution < -0.4 is 10.1 Å². The van der Waals surface area contributed by atoms with E-state index in [9.17, 15) is 4.79 Å². The average Bonchev–Trinajstić information content (AvgIpc) is 3.14. The largest absolute Gasteiger partial charge is 0.491 e. The summed E-state index contributed by atoms with van der Waals surface area (Å²) in [5.74, 6) is 1.55. The third-order valence-electron chi connectivity index (χ3n) is 4.34. The molecule has 0 radical (unpaired) electrons. The number of benzene rings is 2. The van der Waals surface area contributed by atoms with Crippen molar-refractivity contribution in [3.63, 3.8) is 0 Å². The minimum atomic E-state index is 0.0376. The number of aromatic nitrogens is 4. The van der Waals surface area contributed by atoms with Crippen LogP contribution in [0, 0.1) is 0 Å². The molecule has 0 unspecified atom stereocenters. The molecule has 1 aliphatic heterocycles. The number of nitrogens with zero attached hydrogens (tertiary/aromatic N) is 4. The van der Waals surface area contributed by atoms with Crippen LogP contribution in [0.3, 0.4) is 0 Å². The highest BCUT2D eigenvalue weighted by Gasteiger charge is 2.18. The summed E-state index contributed by atoms with van der Waals surface area (Å²) in [5, 5.41) is 14.9. The first kappa shape index (κ1) is 16.3. The van der Waals surface area contributed by atoms with E-state index in [4.69, 9.17) is 4.74 Å². The molecule has 0 bridgehead atoms. The van der Waals surface area contributed by atoms with Crippen LogP contribution in [-0.4, -0.2) is 32.7 Å². The number of rotatable bonds is 6. The number of hydrogen-bond acceptors (Lipinski definition) is 5. The van der Waals surface area contributed by atoms with Crippen LogP contribution in [0.15, 0.2) is 48.5 Å². The van der Waals surface area contributed by atoms with Gasteiger partial charge in [-0.1, -0.05) is 30.3 Å². The number of hydrogen-bond donors (Lipinski definition) is 1. The minimum Gasteiger partial charge on any atom is -0.491 e. The average molecular weight is 349 g/mol. The summed E-state index contributed by atoms with van der Waals surface area (Å²) in [6.45, 7) is 0.522. The molecule has 0 saturated heterocycles. The highest BCUT2D eigenvalue weighted by molar-refractivity contribution is 5.95. The van der Waals surface area contributed by atoms with Gasteiger partial charge in [-0.2, -0.15) is 4.68 Å². The van der Waals surface area contributed by atoms with Crippen molar-refractivity contribution in [1.29, 1.82) is 0 Å². The van der Waals surface area contributed by atoms with E-state index in [1.54, 1.807) is 4.68 Å². The Labute approximate surface area is 151 Å². The fourth-order valence-corrected chi connectivity index (χ4v) is 3.04. The van der Waals surface area contributed by atoms with Gasteiger partial charge in [-0.3, -0.25) is 4.79 Å². The van der Waals surface area contributed by atoms with Gasteiger partial charge in [0.15, 0.2) is 5.82 Å². The molecule has 2 aromatic carbocycles. The van der Waals surface area contributed by atoms with E-state index in [-0.39, 0.29) is 5.91 Å². The first-order valence-corrected chi connectivity index (χ1v) is 8.68. The molecule has 3 aromatic rings. The van der Waals surface area contributed by atoms with Crippen molar-refractivity contribution < 1.29 is 9.53 Å². The minimum absolute atomic E-state index is 0.0376. The molecule has 0 saturated carbocycles. The number of carbonyl (C=O) groups is 1. The highest BCUT2D eigenvalue weighted by atomic mass is 16.5. The number of tetrazole rings is 1. The van der Waals surface area contributed by atoms with Gasteiger partial charge in [0, 0.05) is 12.8 Å². The fraction of sp³-hybridized carbons (Fsp3) is 0.263. The zero-order chi connectivity index (χ0) is 17.8. The molecule has 1 N–H and O–H groups in total. The summed E-state index contributed by atoms with van der Waals surface area (Å²) < 4.78 is 7.64. The zero-order valence-corrected chi connectivity index (χ0v) is 14.3. The number of fused-ring (bicyclic) bond motifs is 1. The monoisotopic (exact) mass is 349 g/mol. The first-order valence-electron chi connectivity index (χ1n) is 8.68. The van der Waals surface area contributed by atoms with Crippen molar-refractivity contribution in [2.45, 2.75) is 25.7 Å². The first-order chi connectivity index (χ1) is 12.8. The Morgan fingerprint density at radius 3 is 2.85 bits per heavy atom. The van der Waals surface area contributed by atoms with Gasteiger partial charge in [0.05, 0.1) is 18.0 Å². The molecule has 7 nitrogen and oxygen atoms in total. The van der Waals surface area contributed by atoms with Crippen molar-refractivity contribution in [3.05, 3.63) is 59.9 Å². The van der Waals surface area contributed by atoms with Gasteiger partial charge in [0.25, 0.3) is 0 Å². The second-order valence-corrected chi connectivity index (χ2v) is 6.13. The standard InChI is InChI=1S/C19H19N5O2/c25-18-12-11-14-6-4-9-16(19(14)20-18)26-13-5-10-17-21-22-23-24(17)15-7-2-1-3-8-15/h1-4,6-9H,5,10-13H2,(H,20,25). The molecular formula is C19H19N5O2. The molecule has 1 aliphatic rings. The van der Waals surface area contributed by atoms with Crippen LogP contribution in [0.2, 0.25) is 0 Å². The number of amides is 1. The number of anilines is 1. The highest BCUT2D eigenvalue weighted by Crippen LogP contribution is 2.32. The van der Waals surface area contributed by atoms with E-state index < -0.39 is 0 Å². The molecule has 0 fully saturated rings. The predicted molar refractivity (Wildman–Crippen MR) is 96.4 cm³/mol. The van der Waals surface area contributed by atoms with Crippen molar-refractivity contribution in [2.75, 3.05) is 11.9 Å². The molecule has 0 atom stereocenters. The van der Waals surface area contributed by atoms with E-state index in [1.165, 1.54) is 0 Å². The number of para-hydroxylation sites is 2. The number of ether oxygens (including phenoxy) is 1. The Kier molecular flexibility index (Phi) is 4.59.